The molecule has 0 saturated heterocycles. The van der Waals surface area contributed by atoms with E-state index in [0.29, 0.717) is 6.54 Å². The van der Waals surface area contributed by atoms with E-state index < -0.39 is 0 Å². The summed E-state index contributed by atoms with van der Waals surface area (Å²) in [6, 6.07) is 10.4. The second-order valence-electron chi connectivity index (χ2n) is 2.79. The van der Waals surface area contributed by atoms with Crippen LogP contribution >= 0.6 is 0 Å². The number of hydrogen-bond donors (Lipinski definition) is 1. The highest BCUT2D eigenvalue weighted by Gasteiger charge is 2.01. The first-order valence-corrected chi connectivity index (χ1v) is 4.21. The molecule has 65 valence electrons. The lowest BCUT2D eigenvalue weighted by atomic mass is 10.1. The third-order valence-electron chi connectivity index (χ3n) is 1.85. The second kappa shape index (κ2) is 4.91. The van der Waals surface area contributed by atoms with Gasteiger partial charge in [-0.2, -0.15) is 0 Å². The third-order valence-corrected chi connectivity index (χ3v) is 1.85. The predicted molar refractivity (Wildman–Crippen MR) is 48.4 cm³/mol. The fourth-order valence-electron chi connectivity index (χ4n) is 1.13. The van der Waals surface area contributed by atoms with Gasteiger partial charge < -0.3 is 5.32 Å². The molecule has 0 aliphatic carbocycles. The van der Waals surface area contributed by atoms with Gasteiger partial charge in [0.15, 0.2) is 0 Å². The highest BCUT2D eigenvalue weighted by atomic mass is 16.3. The van der Waals surface area contributed by atoms with Gasteiger partial charge in [-0.15, -0.1) is 0 Å². The van der Waals surface area contributed by atoms with Gasteiger partial charge in [0.05, 0.1) is 6.61 Å². The number of benzene rings is 1. The highest BCUT2D eigenvalue weighted by molar-refractivity contribution is 5.17. The molecule has 1 aromatic carbocycles. The second-order valence-corrected chi connectivity index (χ2v) is 2.79. The number of hydrogen-bond acceptors (Lipinski definition) is 1. The van der Waals surface area contributed by atoms with Crippen molar-refractivity contribution in [3.63, 3.8) is 0 Å². The van der Waals surface area contributed by atoms with Crippen LogP contribution in [0.25, 0.3) is 0 Å². The summed E-state index contributed by atoms with van der Waals surface area (Å²) in [5, 5.41) is 13.3. The summed E-state index contributed by atoms with van der Waals surface area (Å²) < 4.78 is 0. The van der Waals surface area contributed by atoms with E-state index in [2.05, 4.69) is 24.4 Å². The van der Waals surface area contributed by atoms with Gasteiger partial charge in [0.2, 0.25) is 0 Å². The third kappa shape index (κ3) is 2.64. The van der Waals surface area contributed by atoms with Gasteiger partial charge in [-0.1, -0.05) is 30.3 Å². The molecule has 0 bridgehead atoms. The van der Waals surface area contributed by atoms with E-state index >= 15 is 0 Å². The Morgan fingerprint density at radius 2 is 2.00 bits per heavy atom. The Labute approximate surface area is 73.2 Å². The Morgan fingerprint density at radius 1 is 1.33 bits per heavy atom. The van der Waals surface area contributed by atoms with Crippen molar-refractivity contribution in [1.82, 2.24) is 5.32 Å². The van der Waals surface area contributed by atoms with E-state index in [-0.39, 0.29) is 12.6 Å². The molecule has 1 aromatic rings. The molecule has 1 unspecified atom stereocenters. The first kappa shape index (κ1) is 9.23. The van der Waals surface area contributed by atoms with Crippen molar-refractivity contribution >= 4 is 0 Å². The fraction of sp³-hybridized carbons (Fsp3) is 0.400. The highest BCUT2D eigenvalue weighted by Crippen LogP contribution is 2.09. The molecule has 1 rings (SSSR count). The molecule has 0 fully saturated rings. The average Bonchev–Trinajstić information content (AvgIpc) is 2.15. The Bertz CT molecular complexity index is 210. The quantitative estimate of drug-likeness (QED) is 0.722. The van der Waals surface area contributed by atoms with Crippen molar-refractivity contribution in [3.05, 3.63) is 35.9 Å². The van der Waals surface area contributed by atoms with Crippen molar-refractivity contribution in [1.29, 1.82) is 0 Å². The van der Waals surface area contributed by atoms with Gasteiger partial charge in [0, 0.05) is 12.6 Å². The molecule has 1 N–H and O–H groups in total. The molecule has 0 spiro atoms. The van der Waals surface area contributed by atoms with Crippen molar-refractivity contribution < 1.29 is 5.11 Å². The summed E-state index contributed by atoms with van der Waals surface area (Å²) >= 11 is 0. The van der Waals surface area contributed by atoms with Crippen molar-refractivity contribution in [2.24, 2.45) is 0 Å². The minimum Gasteiger partial charge on any atom is -0.308 e. The molecule has 12 heavy (non-hydrogen) atoms. The van der Waals surface area contributed by atoms with Crippen LogP contribution in [0.15, 0.2) is 30.3 Å². The molecule has 2 heteroatoms. The molecule has 0 aliphatic rings. The fourth-order valence-corrected chi connectivity index (χ4v) is 1.13. The minimum atomic E-state index is -0.0584. The molecule has 0 amide bonds. The van der Waals surface area contributed by atoms with E-state index in [1.54, 1.807) is 0 Å². The average molecular weight is 164 g/mol. The lowest BCUT2D eigenvalue weighted by molar-refractivity contribution is 0.191. The monoisotopic (exact) mass is 164 g/mol. The molecule has 1 atom stereocenters. The molecule has 2 nitrogen and oxygen atoms in total. The van der Waals surface area contributed by atoms with Crippen LogP contribution in [-0.2, 0) is 5.11 Å². The van der Waals surface area contributed by atoms with Crippen LogP contribution in [-0.4, -0.2) is 13.2 Å². The van der Waals surface area contributed by atoms with E-state index in [0.717, 1.165) is 0 Å². The summed E-state index contributed by atoms with van der Waals surface area (Å²) in [5.74, 6) is 0. The SMILES string of the molecule is CC(NCC[O])c1ccccc1. The Morgan fingerprint density at radius 3 is 2.58 bits per heavy atom. The molecular formula is C10H14NO. The smallest absolute Gasteiger partial charge is 0.0946 e. The standard InChI is InChI=1S/C10H14NO/c1-9(11-7-8-12)10-5-3-2-4-6-10/h2-6,9,11H,7-8H2,1H3. The summed E-state index contributed by atoms with van der Waals surface area (Å²) in [6.07, 6.45) is 0. The van der Waals surface area contributed by atoms with Gasteiger partial charge in [0.1, 0.15) is 0 Å². The molecule has 0 heterocycles. The zero-order chi connectivity index (χ0) is 8.81. The minimum absolute atomic E-state index is 0.0584. The van der Waals surface area contributed by atoms with Crippen LogP contribution in [0.2, 0.25) is 0 Å². The largest absolute Gasteiger partial charge is 0.308 e. The summed E-state index contributed by atoms with van der Waals surface area (Å²) in [7, 11) is 0. The van der Waals surface area contributed by atoms with Crippen LogP contribution in [0.5, 0.6) is 0 Å². The van der Waals surface area contributed by atoms with Crippen LogP contribution in [0.1, 0.15) is 18.5 Å². The maximum atomic E-state index is 10.2. The van der Waals surface area contributed by atoms with Crippen molar-refractivity contribution in [2.75, 3.05) is 13.2 Å². The van der Waals surface area contributed by atoms with Crippen molar-refractivity contribution in [2.45, 2.75) is 13.0 Å². The molecule has 0 saturated carbocycles. The van der Waals surface area contributed by atoms with Gasteiger partial charge in [-0.05, 0) is 12.5 Å². The normalized spacial score (nSPS) is 12.8. The first-order chi connectivity index (χ1) is 5.84. The molecule has 0 aliphatic heterocycles. The Kier molecular flexibility index (Phi) is 3.77. The summed E-state index contributed by atoms with van der Waals surface area (Å²) in [6.45, 7) is 2.54. The number of nitrogens with one attached hydrogen (secondary N) is 1. The van der Waals surface area contributed by atoms with E-state index in [4.69, 9.17) is 0 Å². The van der Waals surface area contributed by atoms with Gasteiger partial charge in [-0.3, -0.25) is 0 Å². The zero-order valence-electron chi connectivity index (χ0n) is 7.29. The summed E-state index contributed by atoms with van der Waals surface area (Å²) in [4.78, 5) is 0. The first-order valence-electron chi connectivity index (χ1n) is 4.21. The predicted octanol–water partition coefficient (Wildman–Crippen LogP) is 1.77. The van der Waals surface area contributed by atoms with Gasteiger partial charge >= 0.3 is 0 Å². The van der Waals surface area contributed by atoms with Gasteiger partial charge in [-0.25, -0.2) is 5.11 Å². The van der Waals surface area contributed by atoms with Crippen LogP contribution in [0.3, 0.4) is 0 Å². The molecular weight excluding hydrogens is 150 g/mol. The zero-order valence-corrected chi connectivity index (χ0v) is 7.29. The summed E-state index contributed by atoms with van der Waals surface area (Å²) in [5.41, 5.74) is 1.23. The maximum Gasteiger partial charge on any atom is 0.0946 e. The topological polar surface area (TPSA) is 31.9 Å². The maximum absolute atomic E-state index is 10.2. The van der Waals surface area contributed by atoms with Crippen LogP contribution in [0, 0.1) is 0 Å². The van der Waals surface area contributed by atoms with E-state index in [1.807, 2.05) is 18.2 Å². The lowest BCUT2D eigenvalue weighted by Gasteiger charge is -2.12. The van der Waals surface area contributed by atoms with E-state index in [1.165, 1.54) is 5.56 Å². The Balaban J connectivity index is 2.48. The lowest BCUT2D eigenvalue weighted by Crippen LogP contribution is -2.21. The van der Waals surface area contributed by atoms with Crippen molar-refractivity contribution in [3.8, 4) is 0 Å². The molecule has 0 aromatic heterocycles. The van der Waals surface area contributed by atoms with Crippen LogP contribution < -0.4 is 5.32 Å². The molecule has 1 radical (unpaired) electrons. The number of rotatable bonds is 4. The van der Waals surface area contributed by atoms with Crippen LogP contribution in [0.4, 0.5) is 0 Å². The Hall–Kier alpha value is -0.860. The van der Waals surface area contributed by atoms with E-state index in [9.17, 15) is 5.11 Å². The van der Waals surface area contributed by atoms with Gasteiger partial charge in [0.25, 0.3) is 0 Å².